The molecule has 0 unspecified atom stereocenters. The van der Waals surface area contributed by atoms with Gasteiger partial charge in [-0.15, -0.1) is 11.3 Å². The maximum atomic E-state index is 5.62. The number of hydrogen-bond acceptors (Lipinski definition) is 1. The van der Waals surface area contributed by atoms with Crippen LogP contribution in [0.3, 0.4) is 0 Å². The molecule has 56 valence electrons. The molecule has 1 aromatic rings. The topological polar surface area (TPSA) is 0 Å². The molecule has 1 aromatic heterocycles. The Hall–Kier alpha value is 1.05. The zero-order valence-corrected chi connectivity index (χ0v) is 9.25. The van der Waals surface area contributed by atoms with E-state index < -0.39 is 3.79 Å². The monoisotopic (exact) mass is 278 g/mol. The Bertz CT molecular complexity index is 227. The molecule has 0 N–H and O–H groups in total. The van der Waals surface area contributed by atoms with Crippen LogP contribution in [0.1, 0.15) is 4.88 Å². The lowest BCUT2D eigenvalue weighted by molar-refractivity contribution is 1.30. The first-order valence-electron chi connectivity index (χ1n) is 2.32. The van der Waals surface area contributed by atoms with E-state index in [1.165, 1.54) is 11.3 Å². The molecule has 0 bridgehead atoms. The number of alkyl halides is 3. The lowest BCUT2D eigenvalue weighted by Gasteiger charge is -2.07. The van der Waals surface area contributed by atoms with Crippen molar-refractivity contribution in [1.82, 2.24) is 0 Å². The van der Waals surface area contributed by atoms with Gasteiger partial charge in [-0.1, -0.05) is 34.8 Å². The lowest BCUT2D eigenvalue weighted by atomic mass is 10.5. The van der Waals surface area contributed by atoms with Gasteiger partial charge in [0.15, 0.2) is 0 Å². The Kier molecular flexibility index (Phi) is 2.92. The van der Waals surface area contributed by atoms with Crippen molar-refractivity contribution in [1.29, 1.82) is 0 Å². The summed E-state index contributed by atoms with van der Waals surface area (Å²) in [4.78, 5) is 0.720. The zero-order valence-electron chi connectivity index (χ0n) is 4.57. The molecule has 0 aliphatic heterocycles. The Morgan fingerprint density at radius 1 is 1.40 bits per heavy atom. The summed E-state index contributed by atoms with van der Waals surface area (Å²) in [5.41, 5.74) is 0. The van der Waals surface area contributed by atoms with Gasteiger partial charge in [0.25, 0.3) is 0 Å². The first-order chi connectivity index (χ1) is 4.52. The summed E-state index contributed by atoms with van der Waals surface area (Å²) in [7, 11) is 0. The van der Waals surface area contributed by atoms with Crippen LogP contribution >= 0.6 is 62.1 Å². The van der Waals surface area contributed by atoms with Crippen molar-refractivity contribution in [3.8, 4) is 0 Å². The van der Waals surface area contributed by atoms with Crippen molar-refractivity contribution >= 4 is 62.1 Å². The second-order valence-electron chi connectivity index (χ2n) is 1.60. The summed E-state index contributed by atoms with van der Waals surface area (Å²) in [5.74, 6) is 0. The molecule has 0 atom stereocenters. The molecule has 0 fully saturated rings. The Morgan fingerprint density at radius 2 is 2.00 bits per heavy atom. The molecule has 0 spiro atoms. The van der Waals surface area contributed by atoms with E-state index in [0.717, 1.165) is 9.35 Å². The summed E-state index contributed by atoms with van der Waals surface area (Å²) in [6.45, 7) is 0. The van der Waals surface area contributed by atoms with Crippen LogP contribution in [-0.4, -0.2) is 0 Å². The molecule has 0 aliphatic carbocycles. The fourth-order valence-corrected chi connectivity index (χ4v) is 3.08. The normalized spacial score (nSPS) is 12.0. The SMILES string of the molecule is ClC(Cl)(Cl)c1sccc1Br. The van der Waals surface area contributed by atoms with Crippen LogP contribution in [-0.2, 0) is 3.79 Å². The largest absolute Gasteiger partial charge is 0.226 e. The van der Waals surface area contributed by atoms with Crippen LogP contribution in [0.5, 0.6) is 0 Å². The third kappa shape index (κ3) is 2.02. The molecule has 0 nitrogen and oxygen atoms in total. The van der Waals surface area contributed by atoms with Crippen LogP contribution in [0.15, 0.2) is 15.9 Å². The van der Waals surface area contributed by atoms with Crippen molar-refractivity contribution < 1.29 is 0 Å². The predicted octanol–water partition coefficient (Wildman–Crippen LogP) is 4.34. The molecule has 0 saturated heterocycles. The van der Waals surface area contributed by atoms with Gasteiger partial charge in [0.1, 0.15) is 0 Å². The molecular weight excluding hydrogens is 278 g/mol. The average molecular weight is 280 g/mol. The first kappa shape index (κ1) is 9.14. The van der Waals surface area contributed by atoms with Gasteiger partial charge in [-0.05, 0) is 27.4 Å². The quantitative estimate of drug-likeness (QED) is 0.620. The van der Waals surface area contributed by atoms with E-state index in [0.29, 0.717) is 0 Å². The summed E-state index contributed by atoms with van der Waals surface area (Å²) in [5, 5.41) is 1.86. The highest BCUT2D eigenvalue weighted by Gasteiger charge is 2.26. The van der Waals surface area contributed by atoms with Crippen molar-refractivity contribution in [2.24, 2.45) is 0 Å². The second kappa shape index (κ2) is 3.20. The maximum Gasteiger partial charge on any atom is 0.226 e. The van der Waals surface area contributed by atoms with Gasteiger partial charge in [-0.3, -0.25) is 0 Å². The van der Waals surface area contributed by atoms with E-state index >= 15 is 0 Å². The molecule has 10 heavy (non-hydrogen) atoms. The molecule has 5 heteroatoms. The van der Waals surface area contributed by atoms with Crippen LogP contribution in [0.4, 0.5) is 0 Å². The van der Waals surface area contributed by atoms with Crippen LogP contribution in [0.25, 0.3) is 0 Å². The summed E-state index contributed by atoms with van der Waals surface area (Å²) < 4.78 is -0.454. The molecule has 0 radical (unpaired) electrons. The maximum absolute atomic E-state index is 5.62. The molecule has 1 rings (SSSR count). The number of hydrogen-bond donors (Lipinski definition) is 0. The zero-order chi connectivity index (χ0) is 7.78. The van der Waals surface area contributed by atoms with Crippen molar-refractivity contribution in [2.75, 3.05) is 0 Å². The summed E-state index contributed by atoms with van der Waals surface area (Å²) >= 11 is 21.5. The van der Waals surface area contributed by atoms with Crippen molar-refractivity contribution in [3.05, 3.63) is 20.8 Å². The van der Waals surface area contributed by atoms with Gasteiger partial charge >= 0.3 is 0 Å². The number of thiophene rings is 1. The standard InChI is InChI=1S/C5H2BrCl3S/c6-3-1-2-10-4(3)5(7,8)9/h1-2H. The minimum atomic E-state index is -1.30. The van der Waals surface area contributed by atoms with Gasteiger partial charge in [0.2, 0.25) is 3.79 Å². The Balaban J connectivity index is 3.05. The molecule has 0 aromatic carbocycles. The first-order valence-corrected chi connectivity index (χ1v) is 5.12. The van der Waals surface area contributed by atoms with E-state index in [1.54, 1.807) is 0 Å². The third-order valence-electron chi connectivity index (χ3n) is 0.875. The van der Waals surface area contributed by atoms with Gasteiger partial charge in [0.05, 0.1) is 4.88 Å². The lowest BCUT2D eigenvalue weighted by Crippen LogP contribution is -1.95. The van der Waals surface area contributed by atoms with Crippen LogP contribution < -0.4 is 0 Å². The summed E-state index contributed by atoms with van der Waals surface area (Å²) in [6.07, 6.45) is 0. The van der Waals surface area contributed by atoms with E-state index in [4.69, 9.17) is 34.8 Å². The van der Waals surface area contributed by atoms with Gasteiger partial charge in [-0.2, -0.15) is 0 Å². The van der Waals surface area contributed by atoms with Crippen LogP contribution in [0, 0.1) is 0 Å². The molecule has 0 amide bonds. The van der Waals surface area contributed by atoms with E-state index in [9.17, 15) is 0 Å². The molecule has 0 aliphatic rings. The highest BCUT2D eigenvalue weighted by Crippen LogP contribution is 2.44. The third-order valence-corrected chi connectivity index (χ3v) is 3.73. The minimum absolute atomic E-state index is 0.720. The Labute approximate surface area is 86.2 Å². The van der Waals surface area contributed by atoms with Gasteiger partial charge in [0, 0.05) is 4.47 Å². The molecule has 1 heterocycles. The van der Waals surface area contributed by atoms with Crippen molar-refractivity contribution in [3.63, 3.8) is 0 Å². The molecule has 0 saturated carbocycles. The van der Waals surface area contributed by atoms with E-state index in [-0.39, 0.29) is 0 Å². The van der Waals surface area contributed by atoms with Gasteiger partial charge < -0.3 is 0 Å². The van der Waals surface area contributed by atoms with Crippen molar-refractivity contribution in [2.45, 2.75) is 3.79 Å². The predicted molar refractivity (Wildman–Crippen MR) is 51.3 cm³/mol. The summed E-state index contributed by atoms with van der Waals surface area (Å²) in [6, 6.07) is 1.85. The van der Waals surface area contributed by atoms with E-state index in [2.05, 4.69) is 15.9 Å². The van der Waals surface area contributed by atoms with E-state index in [1.807, 2.05) is 11.4 Å². The average Bonchev–Trinajstić information content (AvgIpc) is 2.11. The fourth-order valence-electron chi connectivity index (χ4n) is 0.496. The fraction of sp³-hybridized carbons (Fsp3) is 0.200. The minimum Gasteiger partial charge on any atom is -0.143 e. The number of rotatable bonds is 0. The highest BCUT2D eigenvalue weighted by molar-refractivity contribution is 9.10. The second-order valence-corrected chi connectivity index (χ2v) is 5.65. The number of halogens is 4. The highest BCUT2D eigenvalue weighted by atomic mass is 79.9. The van der Waals surface area contributed by atoms with Gasteiger partial charge in [-0.25, -0.2) is 0 Å². The van der Waals surface area contributed by atoms with Crippen LogP contribution in [0.2, 0.25) is 0 Å². The Morgan fingerprint density at radius 3 is 2.20 bits per heavy atom. The molecular formula is C5H2BrCl3S. The smallest absolute Gasteiger partial charge is 0.143 e.